The number of carbonyl (C=O) groups is 1. The molecular formula is C17H26N4O4. The number of ether oxygens (including phenoxy) is 1. The van der Waals surface area contributed by atoms with Gasteiger partial charge in [-0.3, -0.25) is 15.1 Å². The van der Waals surface area contributed by atoms with Crippen molar-refractivity contribution in [3.8, 4) is 0 Å². The van der Waals surface area contributed by atoms with Gasteiger partial charge in [0.1, 0.15) is 11.8 Å². The number of piperidine rings is 1. The Kier molecular flexibility index (Phi) is 6.30. The standard InChI is InChI=1S/C17H26N4O4/c1-17(2,3)25-16(22)20-10-6-14(7-11-20)19-9-5-13-4-8-18-12-15(13)21(23)24/h4,8,12,14,19H,5-7,9-11H2,1-3H3. The largest absolute Gasteiger partial charge is 0.444 e. The number of carbonyl (C=O) groups excluding carboxylic acids is 1. The van der Waals surface area contributed by atoms with Gasteiger partial charge in [-0.05, 0) is 52.6 Å². The molecule has 1 aliphatic heterocycles. The first-order valence-corrected chi connectivity index (χ1v) is 8.55. The van der Waals surface area contributed by atoms with Crippen molar-refractivity contribution >= 4 is 11.8 Å². The van der Waals surface area contributed by atoms with Crippen molar-refractivity contribution in [3.63, 3.8) is 0 Å². The van der Waals surface area contributed by atoms with Crippen LogP contribution in [0.1, 0.15) is 39.2 Å². The molecule has 0 aromatic carbocycles. The molecule has 0 bridgehead atoms. The molecule has 0 radical (unpaired) electrons. The molecule has 2 rings (SSSR count). The number of nitrogens with one attached hydrogen (secondary N) is 1. The van der Waals surface area contributed by atoms with E-state index in [1.807, 2.05) is 20.8 Å². The summed E-state index contributed by atoms with van der Waals surface area (Å²) in [6, 6.07) is 1.99. The van der Waals surface area contributed by atoms with Gasteiger partial charge in [0.2, 0.25) is 0 Å². The number of aromatic nitrogens is 1. The molecule has 0 unspecified atom stereocenters. The number of nitrogens with zero attached hydrogens (tertiary/aromatic N) is 3. The Morgan fingerprint density at radius 3 is 2.72 bits per heavy atom. The molecule has 0 aliphatic carbocycles. The highest BCUT2D eigenvalue weighted by molar-refractivity contribution is 5.68. The zero-order valence-electron chi connectivity index (χ0n) is 15.0. The molecule has 1 amide bonds. The van der Waals surface area contributed by atoms with E-state index in [2.05, 4.69) is 10.3 Å². The molecule has 1 aromatic heterocycles. The van der Waals surface area contributed by atoms with Gasteiger partial charge in [0, 0.05) is 30.9 Å². The summed E-state index contributed by atoms with van der Waals surface area (Å²) in [6.07, 6.45) is 4.86. The monoisotopic (exact) mass is 350 g/mol. The first-order chi connectivity index (χ1) is 11.8. The fraction of sp³-hybridized carbons (Fsp3) is 0.647. The van der Waals surface area contributed by atoms with Crippen LogP contribution in [0.3, 0.4) is 0 Å². The molecule has 1 fully saturated rings. The van der Waals surface area contributed by atoms with Gasteiger partial charge in [-0.1, -0.05) is 0 Å². The molecule has 2 heterocycles. The van der Waals surface area contributed by atoms with Crippen molar-refractivity contribution in [2.75, 3.05) is 19.6 Å². The van der Waals surface area contributed by atoms with Crippen LogP contribution in [0, 0.1) is 10.1 Å². The van der Waals surface area contributed by atoms with Gasteiger partial charge in [-0.2, -0.15) is 0 Å². The van der Waals surface area contributed by atoms with E-state index in [0.29, 0.717) is 37.7 Å². The average Bonchev–Trinajstić information content (AvgIpc) is 2.54. The van der Waals surface area contributed by atoms with E-state index in [-0.39, 0.29) is 11.8 Å². The Bertz CT molecular complexity index is 607. The molecule has 8 heteroatoms. The average molecular weight is 350 g/mol. The molecule has 0 spiro atoms. The molecule has 0 atom stereocenters. The molecule has 138 valence electrons. The normalized spacial score (nSPS) is 15.9. The molecule has 1 aliphatic rings. The van der Waals surface area contributed by atoms with Gasteiger partial charge in [0.25, 0.3) is 5.69 Å². The molecule has 8 nitrogen and oxygen atoms in total. The third kappa shape index (κ3) is 5.97. The number of likely N-dealkylation sites (tertiary alicyclic amines) is 1. The second kappa shape index (κ2) is 8.24. The van der Waals surface area contributed by atoms with Crippen LogP contribution in [0.15, 0.2) is 18.5 Å². The van der Waals surface area contributed by atoms with E-state index >= 15 is 0 Å². The molecule has 1 N–H and O–H groups in total. The fourth-order valence-corrected chi connectivity index (χ4v) is 2.79. The third-order valence-electron chi connectivity index (χ3n) is 4.06. The topological polar surface area (TPSA) is 97.6 Å². The van der Waals surface area contributed by atoms with Gasteiger partial charge >= 0.3 is 6.09 Å². The summed E-state index contributed by atoms with van der Waals surface area (Å²) in [5.74, 6) is 0. The van der Waals surface area contributed by atoms with Crippen molar-refractivity contribution in [1.82, 2.24) is 15.2 Å². The van der Waals surface area contributed by atoms with Crippen LogP contribution in [0.5, 0.6) is 0 Å². The van der Waals surface area contributed by atoms with Gasteiger partial charge in [-0.25, -0.2) is 4.79 Å². The quantitative estimate of drug-likeness (QED) is 0.647. The molecule has 1 saturated heterocycles. The van der Waals surface area contributed by atoms with Crippen LogP contribution in [0.25, 0.3) is 0 Å². The van der Waals surface area contributed by atoms with Crippen molar-refractivity contribution in [2.45, 2.75) is 51.7 Å². The Morgan fingerprint density at radius 2 is 2.12 bits per heavy atom. The Labute approximate surface area is 147 Å². The van der Waals surface area contributed by atoms with Crippen molar-refractivity contribution in [2.24, 2.45) is 0 Å². The first-order valence-electron chi connectivity index (χ1n) is 8.55. The van der Waals surface area contributed by atoms with Crippen LogP contribution in [-0.2, 0) is 11.2 Å². The molecule has 25 heavy (non-hydrogen) atoms. The predicted octanol–water partition coefficient (Wildman–Crippen LogP) is 2.52. The van der Waals surface area contributed by atoms with E-state index in [0.717, 1.165) is 12.8 Å². The van der Waals surface area contributed by atoms with Crippen LogP contribution < -0.4 is 5.32 Å². The molecular weight excluding hydrogens is 324 g/mol. The van der Waals surface area contributed by atoms with Crippen LogP contribution in [-0.4, -0.2) is 52.2 Å². The number of hydrogen-bond donors (Lipinski definition) is 1. The second-order valence-corrected chi connectivity index (χ2v) is 7.21. The Hall–Kier alpha value is -2.22. The number of hydrogen-bond acceptors (Lipinski definition) is 6. The lowest BCUT2D eigenvalue weighted by molar-refractivity contribution is -0.385. The van der Waals surface area contributed by atoms with Gasteiger partial charge in [0.05, 0.1) is 4.92 Å². The summed E-state index contributed by atoms with van der Waals surface area (Å²) >= 11 is 0. The number of nitro groups is 1. The van der Waals surface area contributed by atoms with Crippen LogP contribution in [0.2, 0.25) is 0 Å². The van der Waals surface area contributed by atoms with E-state index in [1.165, 1.54) is 6.20 Å². The second-order valence-electron chi connectivity index (χ2n) is 7.21. The maximum Gasteiger partial charge on any atom is 0.410 e. The summed E-state index contributed by atoms with van der Waals surface area (Å²) in [7, 11) is 0. The van der Waals surface area contributed by atoms with Crippen molar-refractivity contribution < 1.29 is 14.5 Å². The SMILES string of the molecule is CC(C)(C)OC(=O)N1CCC(NCCc2ccncc2[N+](=O)[O-])CC1. The van der Waals surface area contributed by atoms with Gasteiger partial charge in [-0.15, -0.1) is 0 Å². The minimum absolute atomic E-state index is 0.0593. The maximum absolute atomic E-state index is 12.0. The first kappa shape index (κ1) is 19.1. The van der Waals surface area contributed by atoms with E-state index < -0.39 is 10.5 Å². The molecule has 1 aromatic rings. The maximum atomic E-state index is 12.0. The number of rotatable bonds is 5. The van der Waals surface area contributed by atoms with Crippen LogP contribution in [0.4, 0.5) is 10.5 Å². The zero-order chi connectivity index (χ0) is 18.4. The lowest BCUT2D eigenvalue weighted by Gasteiger charge is -2.33. The summed E-state index contributed by atoms with van der Waals surface area (Å²) < 4.78 is 5.38. The predicted molar refractivity (Wildman–Crippen MR) is 93.4 cm³/mol. The van der Waals surface area contributed by atoms with Gasteiger partial charge in [0.15, 0.2) is 0 Å². The van der Waals surface area contributed by atoms with Crippen molar-refractivity contribution in [3.05, 3.63) is 34.1 Å². The summed E-state index contributed by atoms with van der Waals surface area (Å²) in [5.41, 5.74) is 0.258. The highest BCUT2D eigenvalue weighted by atomic mass is 16.6. The number of amides is 1. The third-order valence-corrected chi connectivity index (χ3v) is 4.06. The van der Waals surface area contributed by atoms with E-state index in [1.54, 1.807) is 17.2 Å². The fourth-order valence-electron chi connectivity index (χ4n) is 2.79. The number of pyridine rings is 1. The smallest absolute Gasteiger partial charge is 0.410 e. The van der Waals surface area contributed by atoms with E-state index in [9.17, 15) is 14.9 Å². The minimum Gasteiger partial charge on any atom is -0.444 e. The summed E-state index contributed by atoms with van der Waals surface area (Å²) in [6.45, 7) is 7.54. The van der Waals surface area contributed by atoms with E-state index in [4.69, 9.17) is 4.74 Å². The lowest BCUT2D eigenvalue weighted by atomic mass is 10.0. The van der Waals surface area contributed by atoms with Crippen molar-refractivity contribution in [1.29, 1.82) is 0 Å². The molecule has 0 saturated carbocycles. The van der Waals surface area contributed by atoms with Gasteiger partial charge < -0.3 is 15.0 Å². The zero-order valence-corrected chi connectivity index (χ0v) is 15.0. The highest BCUT2D eigenvalue weighted by Crippen LogP contribution is 2.18. The Morgan fingerprint density at radius 1 is 1.44 bits per heavy atom. The van der Waals surface area contributed by atoms with Crippen LogP contribution >= 0.6 is 0 Å². The lowest BCUT2D eigenvalue weighted by Crippen LogP contribution is -2.46. The minimum atomic E-state index is -0.481. The Balaban J connectivity index is 1.74. The highest BCUT2D eigenvalue weighted by Gasteiger charge is 2.26. The summed E-state index contributed by atoms with van der Waals surface area (Å²) in [4.78, 5) is 28.2. The summed E-state index contributed by atoms with van der Waals surface area (Å²) in [5, 5.41) is 14.4.